The van der Waals surface area contributed by atoms with Gasteiger partial charge < -0.3 is 10.2 Å². The normalized spacial score (nSPS) is 26.5. The Morgan fingerprint density at radius 3 is 2.31 bits per heavy atom. The number of benzene rings is 1. The van der Waals surface area contributed by atoms with E-state index in [0.717, 1.165) is 50.8 Å². The fourth-order valence-electron chi connectivity index (χ4n) is 5.11. The van der Waals surface area contributed by atoms with Crippen molar-refractivity contribution in [1.82, 2.24) is 10.2 Å². The predicted molar refractivity (Wildman–Crippen MR) is 102 cm³/mol. The minimum atomic E-state index is -0.113. The molecule has 0 radical (unpaired) electrons. The summed E-state index contributed by atoms with van der Waals surface area (Å²) in [6, 6.07) is 10.1. The standard InChI is InChI=1S/C22H30N2O2/c25-20-19(17-8-6-3-7-9-17)16-22(23-20)12-14-24(15-13-22)21(26)18-10-4-1-2-5-11-18/h3,6-9,18-19H,1-2,4-5,10-16H2,(H,23,25)/t19-/m0/s1. The van der Waals surface area contributed by atoms with Crippen LogP contribution in [-0.4, -0.2) is 35.3 Å². The zero-order valence-corrected chi connectivity index (χ0v) is 15.6. The smallest absolute Gasteiger partial charge is 0.228 e. The number of likely N-dealkylation sites (tertiary alicyclic amines) is 1. The van der Waals surface area contributed by atoms with Crippen LogP contribution in [0.15, 0.2) is 30.3 Å². The Bertz CT molecular complexity index is 641. The molecule has 1 atom stereocenters. The number of carbonyl (C=O) groups excluding carboxylic acids is 2. The van der Waals surface area contributed by atoms with Crippen LogP contribution in [0.3, 0.4) is 0 Å². The minimum Gasteiger partial charge on any atom is -0.350 e. The van der Waals surface area contributed by atoms with Crippen LogP contribution in [0.5, 0.6) is 0 Å². The second-order valence-electron chi connectivity index (χ2n) is 8.45. The molecule has 26 heavy (non-hydrogen) atoms. The van der Waals surface area contributed by atoms with E-state index >= 15 is 0 Å². The van der Waals surface area contributed by atoms with Gasteiger partial charge in [-0.1, -0.05) is 56.0 Å². The second-order valence-corrected chi connectivity index (χ2v) is 8.45. The summed E-state index contributed by atoms with van der Waals surface area (Å²) >= 11 is 0. The number of rotatable bonds is 2. The minimum absolute atomic E-state index is 0.0414. The first kappa shape index (κ1) is 17.6. The van der Waals surface area contributed by atoms with Crippen molar-refractivity contribution >= 4 is 11.8 Å². The molecule has 0 unspecified atom stereocenters. The maximum Gasteiger partial charge on any atom is 0.228 e. The molecule has 4 nitrogen and oxygen atoms in total. The summed E-state index contributed by atoms with van der Waals surface area (Å²) in [4.78, 5) is 27.5. The van der Waals surface area contributed by atoms with Gasteiger partial charge in [-0.05, 0) is 37.7 Å². The van der Waals surface area contributed by atoms with Gasteiger partial charge in [0.05, 0.1) is 5.92 Å². The number of carbonyl (C=O) groups is 2. The summed E-state index contributed by atoms with van der Waals surface area (Å²) < 4.78 is 0. The molecule has 3 aliphatic rings. The van der Waals surface area contributed by atoms with Crippen LogP contribution in [-0.2, 0) is 9.59 Å². The number of amides is 2. The Morgan fingerprint density at radius 2 is 1.65 bits per heavy atom. The first-order valence-corrected chi connectivity index (χ1v) is 10.3. The van der Waals surface area contributed by atoms with Crippen molar-refractivity contribution < 1.29 is 9.59 Å². The molecule has 2 aliphatic heterocycles. The van der Waals surface area contributed by atoms with Crippen LogP contribution in [0.4, 0.5) is 0 Å². The molecular weight excluding hydrogens is 324 g/mol. The van der Waals surface area contributed by atoms with Crippen molar-refractivity contribution in [2.24, 2.45) is 5.92 Å². The van der Waals surface area contributed by atoms with E-state index in [9.17, 15) is 9.59 Å². The SMILES string of the molecule is O=C1NC2(CCN(C(=O)C3CCCCCC3)CC2)C[C@H]1c1ccccc1. The monoisotopic (exact) mass is 354 g/mol. The molecular formula is C22H30N2O2. The molecule has 0 bridgehead atoms. The van der Waals surface area contributed by atoms with Crippen molar-refractivity contribution in [3.8, 4) is 0 Å². The van der Waals surface area contributed by atoms with Gasteiger partial charge in [-0.2, -0.15) is 0 Å². The van der Waals surface area contributed by atoms with Crippen LogP contribution in [0.25, 0.3) is 0 Å². The average molecular weight is 354 g/mol. The molecule has 1 spiro atoms. The van der Waals surface area contributed by atoms with Crippen LogP contribution in [0.2, 0.25) is 0 Å². The van der Waals surface area contributed by atoms with E-state index in [0.29, 0.717) is 5.91 Å². The molecule has 1 N–H and O–H groups in total. The quantitative estimate of drug-likeness (QED) is 0.825. The molecule has 0 aromatic heterocycles. The zero-order valence-electron chi connectivity index (χ0n) is 15.6. The lowest BCUT2D eigenvalue weighted by molar-refractivity contribution is -0.137. The largest absolute Gasteiger partial charge is 0.350 e. The summed E-state index contributed by atoms with van der Waals surface area (Å²) in [6.45, 7) is 1.58. The van der Waals surface area contributed by atoms with E-state index in [2.05, 4.69) is 10.2 Å². The van der Waals surface area contributed by atoms with Crippen LogP contribution in [0, 0.1) is 5.92 Å². The highest BCUT2D eigenvalue weighted by Gasteiger charge is 2.46. The Morgan fingerprint density at radius 1 is 1.00 bits per heavy atom. The third kappa shape index (κ3) is 3.51. The molecule has 1 aromatic carbocycles. The third-order valence-electron chi connectivity index (χ3n) is 6.74. The zero-order chi connectivity index (χ0) is 18.0. The van der Waals surface area contributed by atoms with Gasteiger partial charge in [0, 0.05) is 24.5 Å². The fourth-order valence-corrected chi connectivity index (χ4v) is 5.11. The highest BCUT2D eigenvalue weighted by Crippen LogP contribution is 2.39. The lowest BCUT2D eigenvalue weighted by Gasteiger charge is -2.40. The van der Waals surface area contributed by atoms with Gasteiger partial charge in [-0.3, -0.25) is 9.59 Å². The summed E-state index contributed by atoms with van der Waals surface area (Å²) in [5.41, 5.74) is 0.997. The van der Waals surface area contributed by atoms with E-state index in [1.165, 1.54) is 25.7 Å². The molecule has 1 saturated carbocycles. The Labute approximate surface area is 156 Å². The van der Waals surface area contributed by atoms with E-state index < -0.39 is 0 Å². The molecule has 140 valence electrons. The van der Waals surface area contributed by atoms with Gasteiger partial charge in [-0.25, -0.2) is 0 Å². The van der Waals surface area contributed by atoms with Crippen molar-refractivity contribution in [2.45, 2.75) is 69.2 Å². The van der Waals surface area contributed by atoms with Crippen molar-refractivity contribution in [1.29, 1.82) is 0 Å². The van der Waals surface area contributed by atoms with Gasteiger partial charge in [0.15, 0.2) is 0 Å². The molecule has 2 amide bonds. The summed E-state index contributed by atoms with van der Waals surface area (Å²) in [5, 5.41) is 3.29. The molecule has 3 fully saturated rings. The van der Waals surface area contributed by atoms with Gasteiger partial charge in [0.25, 0.3) is 0 Å². The van der Waals surface area contributed by atoms with Gasteiger partial charge in [-0.15, -0.1) is 0 Å². The van der Waals surface area contributed by atoms with Crippen molar-refractivity contribution in [2.75, 3.05) is 13.1 Å². The summed E-state index contributed by atoms with van der Waals surface area (Å²) in [5.74, 6) is 0.715. The summed E-state index contributed by atoms with van der Waals surface area (Å²) in [7, 11) is 0. The maximum absolute atomic E-state index is 12.9. The Kier molecular flexibility index (Phi) is 5.01. The lowest BCUT2D eigenvalue weighted by atomic mass is 9.81. The van der Waals surface area contributed by atoms with E-state index in [-0.39, 0.29) is 23.3 Å². The highest BCUT2D eigenvalue weighted by atomic mass is 16.2. The molecule has 1 aromatic rings. The number of nitrogens with zero attached hydrogens (tertiary/aromatic N) is 1. The van der Waals surface area contributed by atoms with Gasteiger partial charge >= 0.3 is 0 Å². The number of piperidine rings is 1. The predicted octanol–water partition coefficient (Wildman–Crippen LogP) is 3.62. The Hall–Kier alpha value is -1.84. The Balaban J connectivity index is 1.37. The van der Waals surface area contributed by atoms with E-state index in [4.69, 9.17) is 0 Å². The molecule has 2 heterocycles. The van der Waals surface area contributed by atoms with Crippen molar-refractivity contribution in [3.05, 3.63) is 35.9 Å². The molecule has 4 heteroatoms. The van der Waals surface area contributed by atoms with E-state index in [1.807, 2.05) is 30.3 Å². The average Bonchev–Trinajstić information content (AvgIpc) is 2.85. The number of nitrogens with one attached hydrogen (secondary N) is 1. The maximum atomic E-state index is 12.9. The number of hydrogen-bond donors (Lipinski definition) is 1. The molecule has 2 saturated heterocycles. The van der Waals surface area contributed by atoms with Gasteiger partial charge in [0.2, 0.25) is 11.8 Å². The molecule has 4 rings (SSSR count). The van der Waals surface area contributed by atoms with Crippen LogP contribution < -0.4 is 5.32 Å². The van der Waals surface area contributed by atoms with Crippen molar-refractivity contribution in [3.63, 3.8) is 0 Å². The number of hydrogen-bond acceptors (Lipinski definition) is 2. The summed E-state index contributed by atoms with van der Waals surface area (Å²) in [6.07, 6.45) is 9.72. The topological polar surface area (TPSA) is 49.4 Å². The van der Waals surface area contributed by atoms with Gasteiger partial charge in [0.1, 0.15) is 0 Å². The second kappa shape index (κ2) is 7.42. The van der Waals surface area contributed by atoms with Crippen LogP contribution in [0.1, 0.15) is 69.3 Å². The first-order valence-electron chi connectivity index (χ1n) is 10.3. The van der Waals surface area contributed by atoms with E-state index in [1.54, 1.807) is 0 Å². The fraction of sp³-hybridized carbons (Fsp3) is 0.636. The highest BCUT2D eigenvalue weighted by molar-refractivity contribution is 5.87. The molecule has 1 aliphatic carbocycles. The lowest BCUT2D eigenvalue weighted by Crippen LogP contribution is -2.53. The van der Waals surface area contributed by atoms with Crippen LogP contribution >= 0.6 is 0 Å². The third-order valence-corrected chi connectivity index (χ3v) is 6.74. The first-order chi connectivity index (χ1) is 12.7.